The van der Waals surface area contributed by atoms with Gasteiger partial charge in [0.2, 0.25) is 5.91 Å². The number of nitroso groups, excluding NO2 is 1. The molecule has 3 saturated heterocycles. The Morgan fingerprint density at radius 3 is 2.91 bits per heavy atom. The van der Waals surface area contributed by atoms with Crippen LogP contribution in [-0.2, 0) is 9.53 Å². The Kier molecular flexibility index (Phi) is 6.27. The molecule has 3 aliphatic heterocycles. The number of halogens is 1. The lowest BCUT2D eigenvalue weighted by Gasteiger charge is -2.43. The summed E-state index contributed by atoms with van der Waals surface area (Å²) in [4.78, 5) is 35.3. The van der Waals surface area contributed by atoms with Crippen molar-refractivity contribution in [1.29, 1.82) is 0 Å². The van der Waals surface area contributed by atoms with Crippen molar-refractivity contribution in [3.05, 3.63) is 23.4 Å². The van der Waals surface area contributed by atoms with Crippen molar-refractivity contribution < 1.29 is 13.9 Å². The van der Waals surface area contributed by atoms with E-state index >= 15 is 0 Å². The molecule has 1 aromatic heterocycles. The summed E-state index contributed by atoms with van der Waals surface area (Å²) in [5, 5.41) is 8.83. The summed E-state index contributed by atoms with van der Waals surface area (Å²) in [7, 11) is 1.69. The fourth-order valence-corrected chi connectivity index (χ4v) is 5.38. The van der Waals surface area contributed by atoms with Gasteiger partial charge in [0.15, 0.2) is 6.17 Å². The highest BCUT2D eigenvalue weighted by molar-refractivity contribution is 5.96. The van der Waals surface area contributed by atoms with Gasteiger partial charge in [-0.1, -0.05) is 5.18 Å². The van der Waals surface area contributed by atoms with E-state index in [0.717, 1.165) is 38.4 Å². The average molecular weight is 463 g/mol. The second-order valence-corrected chi connectivity index (χ2v) is 9.39. The molecule has 0 radical (unpaired) electrons. The highest BCUT2D eigenvalue weighted by Crippen LogP contribution is 2.43. The molecule has 11 nitrogen and oxygen atoms in total. The van der Waals surface area contributed by atoms with E-state index in [2.05, 4.69) is 30.6 Å². The number of carbonyl (C=O) groups excluding carboxylic acids is 1. The smallest absolute Gasteiger partial charge is 0.234 e. The van der Waals surface area contributed by atoms with Crippen LogP contribution in [0.3, 0.4) is 0 Å². The van der Waals surface area contributed by atoms with Crippen LogP contribution in [0.25, 0.3) is 0 Å². The van der Waals surface area contributed by atoms with Gasteiger partial charge < -0.3 is 20.7 Å². The maximum atomic E-state index is 13.8. The molecule has 0 bridgehead atoms. The molecule has 12 heteroatoms. The molecule has 4 heterocycles. The number of pyridine rings is 1. The number of hydrogen-bond acceptors (Lipinski definition) is 10. The number of piperazine rings is 1. The number of anilines is 2. The molecular formula is C21H31FN8O3. The van der Waals surface area contributed by atoms with E-state index in [1.165, 1.54) is 0 Å². The number of nitrogens with two attached hydrogens (primary N) is 1. The number of amides is 1. The van der Waals surface area contributed by atoms with Crippen LogP contribution in [-0.4, -0.2) is 104 Å². The highest BCUT2D eigenvalue weighted by atomic mass is 19.1. The summed E-state index contributed by atoms with van der Waals surface area (Å²) in [6.45, 7) is 3.62. The molecule has 1 aliphatic carbocycles. The Morgan fingerprint density at radius 1 is 1.39 bits per heavy atom. The number of aromatic nitrogens is 1. The third kappa shape index (κ3) is 4.33. The molecule has 1 saturated carbocycles. The van der Waals surface area contributed by atoms with Gasteiger partial charge in [-0.05, 0) is 19.5 Å². The van der Waals surface area contributed by atoms with Gasteiger partial charge in [-0.25, -0.2) is 4.39 Å². The molecule has 0 aromatic carbocycles. The number of hydrogen-bond donors (Lipinski definition) is 3. The zero-order valence-corrected chi connectivity index (χ0v) is 18.6. The third-order valence-corrected chi connectivity index (χ3v) is 7.25. The topological polar surface area (TPSA) is 128 Å². The van der Waals surface area contributed by atoms with Crippen molar-refractivity contribution in [3.8, 4) is 0 Å². The molecule has 6 atom stereocenters. The minimum absolute atomic E-state index is 0.0852. The first kappa shape index (κ1) is 22.5. The van der Waals surface area contributed by atoms with Crippen molar-refractivity contribution >= 4 is 17.3 Å². The van der Waals surface area contributed by atoms with Gasteiger partial charge in [0, 0.05) is 44.5 Å². The first-order chi connectivity index (χ1) is 16.0. The first-order valence-electron chi connectivity index (χ1n) is 11.5. The lowest BCUT2D eigenvalue weighted by molar-refractivity contribution is -0.124. The zero-order valence-electron chi connectivity index (χ0n) is 18.6. The van der Waals surface area contributed by atoms with Crippen molar-refractivity contribution in [2.75, 3.05) is 56.7 Å². The van der Waals surface area contributed by atoms with Crippen molar-refractivity contribution in [1.82, 2.24) is 20.1 Å². The first-order valence-corrected chi connectivity index (χ1v) is 11.5. The van der Waals surface area contributed by atoms with E-state index in [1.54, 1.807) is 24.3 Å². The van der Waals surface area contributed by atoms with Gasteiger partial charge in [0.1, 0.15) is 12.1 Å². The van der Waals surface area contributed by atoms with E-state index in [0.29, 0.717) is 23.8 Å². The Hall–Kier alpha value is -2.25. The number of carbonyl (C=O) groups is 1. The number of ether oxygens (including phenoxy) is 1. The number of nitrogens with zero attached hydrogens (tertiary/aromatic N) is 5. The molecule has 0 spiro atoms. The molecule has 33 heavy (non-hydrogen) atoms. The second kappa shape index (κ2) is 9.18. The van der Waals surface area contributed by atoms with Gasteiger partial charge in [-0.15, -0.1) is 4.91 Å². The summed E-state index contributed by atoms with van der Waals surface area (Å²) in [5.41, 5.74) is 7.40. The van der Waals surface area contributed by atoms with Crippen LogP contribution >= 0.6 is 0 Å². The summed E-state index contributed by atoms with van der Waals surface area (Å²) in [6.07, 6.45) is 1.46. The SMILES string of the molecule is CN1CC(F)CNC1C(C(=O)Nc1cnccc1N1CCN(C2COC2)C2CC21)C(N)N=O. The molecule has 1 amide bonds. The van der Waals surface area contributed by atoms with E-state index in [1.807, 2.05) is 6.07 Å². The van der Waals surface area contributed by atoms with Crippen LogP contribution in [0, 0.1) is 10.8 Å². The maximum absolute atomic E-state index is 13.8. The van der Waals surface area contributed by atoms with Crippen LogP contribution in [0.5, 0.6) is 0 Å². The molecular weight excluding hydrogens is 431 g/mol. The van der Waals surface area contributed by atoms with E-state index in [-0.39, 0.29) is 13.1 Å². The van der Waals surface area contributed by atoms with Crippen molar-refractivity contribution in [3.63, 3.8) is 0 Å². The Bertz CT molecular complexity index is 889. The van der Waals surface area contributed by atoms with Crippen LogP contribution < -0.4 is 21.3 Å². The molecule has 4 aliphatic rings. The van der Waals surface area contributed by atoms with Crippen LogP contribution in [0.15, 0.2) is 23.6 Å². The molecule has 6 unspecified atom stereocenters. The molecule has 4 N–H and O–H groups in total. The van der Waals surface area contributed by atoms with Crippen LogP contribution in [0.4, 0.5) is 15.8 Å². The van der Waals surface area contributed by atoms with E-state index in [9.17, 15) is 14.1 Å². The zero-order chi connectivity index (χ0) is 23.1. The Morgan fingerprint density at radius 2 is 2.21 bits per heavy atom. The number of alkyl halides is 1. The molecule has 4 fully saturated rings. The monoisotopic (exact) mass is 462 g/mol. The minimum Gasteiger partial charge on any atom is -0.378 e. The minimum atomic E-state index is -1.28. The van der Waals surface area contributed by atoms with Crippen LogP contribution in [0.1, 0.15) is 6.42 Å². The summed E-state index contributed by atoms with van der Waals surface area (Å²) < 4.78 is 19.1. The predicted molar refractivity (Wildman–Crippen MR) is 120 cm³/mol. The van der Waals surface area contributed by atoms with Gasteiger partial charge in [0.25, 0.3) is 0 Å². The largest absolute Gasteiger partial charge is 0.378 e. The maximum Gasteiger partial charge on any atom is 0.234 e. The summed E-state index contributed by atoms with van der Waals surface area (Å²) >= 11 is 0. The summed E-state index contributed by atoms with van der Waals surface area (Å²) in [6, 6.07) is 3.30. The third-order valence-electron chi connectivity index (χ3n) is 7.25. The van der Waals surface area contributed by atoms with Gasteiger partial charge in [-0.3, -0.25) is 24.9 Å². The fourth-order valence-electron chi connectivity index (χ4n) is 5.38. The standard InChI is InChI=1S/C21H31FN8O3/c1-28-9-12(22)7-25-20(28)18(19(23)27-32)21(31)26-14-8-24-3-2-15(14)30-5-4-29(13-10-33-11-13)16-6-17(16)30/h2-3,8,12-13,16-20,25H,4-7,9-11,23H2,1H3,(H,26,31). The number of rotatable bonds is 7. The van der Waals surface area contributed by atoms with Gasteiger partial charge >= 0.3 is 0 Å². The number of fused-ring (bicyclic) bond motifs is 1. The lowest BCUT2D eigenvalue weighted by Crippen LogP contribution is -2.62. The average Bonchev–Trinajstić information content (AvgIpc) is 3.56. The number of nitrogens with one attached hydrogen (secondary N) is 2. The molecule has 180 valence electrons. The Labute approximate surface area is 191 Å². The molecule has 5 rings (SSSR count). The van der Waals surface area contributed by atoms with Crippen molar-refractivity contribution in [2.24, 2.45) is 16.8 Å². The quantitative estimate of drug-likeness (QED) is 0.462. The molecule has 1 aromatic rings. The second-order valence-electron chi connectivity index (χ2n) is 9.39. The van der Waals surface area contributed by atoms with E-state index in [4.69, 9.17) is 10.5 Å². The Balaban J connectivity index is 1.32. The highest BCUT2D eigenvalue weighted by Gasteiger charge is 2.52. The van der Waals surface area contributed by atoms with Gasteiger partial charge in [0.05, 0.1) is 43.0 Å². The normalized spacial score (nSPS) is 32.4. The van der Waals surface area contributed by atoms with Crippen molar-refractivity contribution in [2.45, 2.75) is 43.0 Å². The lowest BCUT2D eigenvalue weighted by atomic mass is 9.98. The van der Waals surface area contributed by atoms with E-state index < -0.39 is 30.3 Å². The fraction of sp³-hybridized carbons (Fsp3) is 0.714. The van der Waals surface area contributed by atoms with Crippen LogP contribution in [0.2, 0.25) is 0 Å². The van der Waals surface area contributed by atoms with Gasteiger partial charge in [-0.2, -0.15) is 0 Å². The predicted octanol–water partition coefficient (Wildman–Crippen LogP) is -0.452. The summed E-state index contributed by atoms with van der Waals surface area (Å²) in [5.74, 6) is -1.44.